The Morgan fingerprint density at radius 1 is 1.00 bits per heavy atom. The number of para-hydroxylation sites is 1. The van der Waals surface area contributed by atoms with E-state index < -0.39 is 0 Å². The highest BCUT2D eigenvalue weighted by atomic mass is 16.1. The van der Waals surface area contributed by atoms with E-state index in [1.54, 1.807) is 12.4 Å². The van der Waals surface area contributed by atoms with Crippen molar-refractivity contribution in [3.8, 4) is 28.2 Å². The van der Waals surface area contributed by atoms with Crippen molar-refractivity contribution in [1.29, 1.82) is 0 Å². The van der Waals surface area contributed by atoms with E-state index in [1.165, 1.54) is 5.56 Å². The second kappa shape index (κ2) is 10.6. The van der Waals surface area contributed by atoms with Crippen LogP contribution in [0.15, 0.2) is 71.9 Å². The fourth-order valence-electron chi connectivity index (χ4n) is 5.19. The van der Waals surface area contributed by atoms with Crippen LogP contribution >= 0.6 is 0 Å². The Morgan fingerprint density at radius 2 is 1.79 bits per heavy atom. The molecule has 0 fully saturated rings. The predicted molar refractivity (Wildman–Crippen MR) is 150 cm³/mol. The molecular weight excluding hydrogens is 474 g/mol. The van der Waals surface area contributed by atoms with Gasteiger partial charge >= 0.3 is 5.69 Å². The third-order valence-corrected chi connectivity index (χ3v) is 7.14. The third kappa shape index (κ3) is 4.58. The fraction of sp³-hybridized carbons (Fsp3) is 0.300. The second-order valence-electron chi connectivity index (χ2n) is 10.0. The minimum atomic E-state index is -0.125. The van der Waals surface area contributed by atoms with Crippen molar-refractivity contribution < 1.29 is 0 Å². The Kier molecular flexibility index (Phi) is 7.05. The standard InChI is InChI=1S/C30H33N7O/c1-6-8-24-18-36(28-20(4)9-7-10-25(28)19(2)3)30(38)37(24)21(5)22-11-13-23(14-12-22)26-15-16-31-17-27(26)29-32-34-35-33-29/h7,9-19,21H,6,8H2,1-5H3,(H,32,33,34,35). The molecule has 3 aromatic heterocycles. The smallest absolute Gasteiger partial charge is 0.289 e. The average Bonchev–Trinajstić information content (AvgIpc) is 3.57. The summed E-state index contributed by atoms with van der Waals surface area (Å²) in [4.78, 5) is 18.2. The van der Waals surface area contributed by atoms with Gasteiger partial charge in [-0.05, 0) is 65.3 Å². The van der Waals surface area contributed by atoms with Gasteiger partial charge in [0.25, 0.3) is 0 Å². The number of aryl methyl sites for hydroxylation is 2. The number of pyridine rings is 1. The van der Waals surface area contributed by atoms with Crippen molar-refractivity contribution in [2.24, 2.45) is 0 Å². The number of nitrogens with zero attached hydrogens (tertiary/aromatic N) is 6. The van der Waals surface area contributed by atoms with E-state index in [0.717, 1.165) is 52.0 Å². The maximum absolute atomic E-state index is 14.0. The molecule has 0 amide bonds. The van der Waals surface area contributed by atoms with E-state index >= 15 is 0 Å². The van der Waals surface area contributed by atoms with Crippen molar-refractivity contribution in [3.63, 3.8) is 0 Å². The summed E-state index contributed by atoms with van der Waals surface area (Å²) in [6.45, 7) is 10.7. The molecular formula is C30H33N7O. The molecule has 0 saturated heterocycles. The largest absolute Gasteiger partial charge is 0.333 e. The number of hydrogen-bond donors (Lipinski definition) is 1. The minimum Gasteiger partial charge on any atom is -0.289 e. The van der Waals surface area contributed by atoms with Gasteiger partial charge in [-0.15, -0.1) is 10.2 Å². The van der Waals surface area contributed by atoms with Crippen molar-refractivity contribution in [3.05, 3.63) is 100.0 Å². The van der Waals surface area contributed by atoms with E-state index in [-0.39, 0.29) is 11.7 Å². The van der Waals surface area contributed by atoms with Gasteiger partial charge in [-0.3, -0.25) is 14.1 Å². The molecule has 0 saturated carbocycles. The summed E-state index contributed by atoms with van der Waals surface area (Å²) in [5, 5.41) is 14.4. The molecule has 1 N–H and O–H groups in total. The van der Waals surface area contributed by atoms with Crippen LogP contribution in [0.3, 0.4) is 0 Å². The Bertz CT molecular complexity index is 1590. The fourth-order valence-corrected chi connectivity index (χ4v) is 5.19. The highest BCUT2D eigenvalue weighted by Gasteiger charge is 2.21. The molecule has 0 spiro atoms. The van der Waals surface area contributed by atoms with Crippen LogP contribution in [0.5, 0.6) is 0 Å². The zero-order chi connectivity index (χ0) is 26.8. The molecule has 194 valence electrons. The molecule has 0 aliphatic carbocycles. The topological polar surface area (TPSA) is 94.3 Å². The van der Waals surface area contributed by atoms with Gasteiger partial charge in [0, 0.05) is 29.8 Å². The molecule has 5 aromatic rings. The predicted octanol–water partition coefficient (Wildman–Crippen LogP) is 5.87. The van der Waals surface area contributed by atoms with Gasteiger partial charge < -0.3 is 0 Å². The molecule has 8 nitrogen and oxygen atoms in total. The average molecular weight is 508 g/mol. The molecule has 8 heteroatoms. The van der Waals surface area contributed by atoms with E-state index in [2.05, 4.69) is 103 Å². The number of rotatable bonds is 8. The van der Waals surface area contributed by atoms with Gasteiger partial charge in [0.2, 0.25) is 5.82 Å². The number of imidazole rings is 1. The molecule has 0 bridgehead atoms. The summed E-state index contributed by atoms with van der Waals surface area (Å²) in [5.74, 6) is 0.810. The highest BCUT2D eigenvalue weighted by molar-refractivity contribution is 5.79. The molecule has 0 aliphatic rings. The summed E-state index contributed by atoms with van der Waals surface area (Å²) in [6.07, 6.45) is 7.33. The van der Waals surface area contributed by atoms with Crippen molar-refractivity contribution in [2.45, 2.75) is 59.4 Å². The van der Waals surface area contributed by atoms with Crippen LogP contribution in [0.25, 0.3) is 28.2 Å². The van der Waals surface area contributed by atoms with Crippen molar-refractivity contribution in [1.82, 2.24) is 34.7 Å². The van der Waals surface area contributed by atoms with Gasteiger partial charge in [-0.2, -0.15) is 5.21 Å². The van der Waals surface area contributed by atoms with E-state index in [4.69, 9.17) is 0 Å². The number of nitrogens with one attached hydrogen (secondary N) is 1. The number of H-pyrrole nitrogens is 1. The van der Waals surface area contributed by atoms with E-state index in [1.807, 2.05) is 21.4 Å². The van der Waals surface area contributed by atoms with Crippen LogP contribution < -0.4 is 5.69 Å². The van der Waals surface area contributed by atoms with Gasteiger partial charge in [0.05, 0.1) is 11.7 Å². The van der Waals surface area contributed by atoms with E-state index in [9.17, 15) is 4.79 Å². The summed E-state index contributed by atoms with van der Waals surface area (Å²) in [5.41, 5.74) is 8.17. The molecule has 0 aliphatic heterocycles. The number of aromatic nitrogens is 7. The summed E-state index contributed by atoms with van der Waals surface area (Å²) < 4.78 is 3.81. The van der Waals surface area contributed by atoms with Crippen LogP contribution in [0.4, 0.5) is 0 Å². The maximum atomic E-state index is 14.0. The lowest BCUT2D eigenvalue weighted by Crippen LogP contribution is -2.28. The van der Waals surface area contributed by atoms with Gasteiger partial charge in [0.1, 0.15) is 0 Å². The zero-order valence-electron chi connectivity index (χ0n) is 22.5. The van der Waals surface area contributed by atoms with Crippen molar-refractivity contribution >= 4 is 0 Å². The maximum Gasteiger partial charge on any atom is 0.333 e. The Labute approximate surface area is 222 Å². The SMILES string of the molecule is CCCc1cn(-c2c(C)cccc2C(C)C)c(=O)n1C(C)c1ccc(-c2ccncc2-c2nn[nH]n2)cc1. The van der Waals surface area contributed by atoms with Crippen LogP contribution in [0.1, 0.15) is 68.5 Å². The molecule has 0 radical (unpaired) electrons. The third-order valence-electron chi connectivity index (χ3n) is 7.14. The Balaban J connectivity index is 1.55. The molecule has 1 unspecified atom stereocenters. The summed E-state index contributed by atoms with van der Waals surface area (Å²) in [6, 6.07) is 16.4. The molecule has 5 rings (SSSR count). The Morgan fingerprint density at radius 3 is 2.47 bits per heavy atom. The highest BCUT2D eigenvalue weighted by Crippen LogP contribution is 2.31. The first-order chi connectivity index (χ1) is 18.4. The second-order valence-corrected chi connectivity index (χ2v) is 10.0. The van der Waals surface area contributed by atoms with Gasteiger partial charge in [-0.25, -0.2) is 4.79 Å². The molecule has 38 heavy (non-hydrogen) atoms. The number of benzene rings is 2. The number of tetrazole rings is 1. The number of aromatic amines is 1. The first-order valence-electron chi connectivity index (χ1n) is 13.1. The quantitative estimate of drug-likeness (QED) is 0.283. The summed E-state index contributed by atoms with van der Waals surface area (Å²) >= 11 is 0. The lowest BCUT2D eigenvalue weighted by Gasteiger charge is -2.18. The first kappa shape index (κ1) is 25.3. The first-order valence-corrected chi connectivity index (χ1v) is 13.1. The summed E-state index contributed by atoms with van der Waals surface area (Å²) in [7, 11) is 0. The van der Waals surface area contributed by atoms with E-state index in [0.29, 0.717) is 11.7 Å². The molecule has 3 heterocycles. The minimum absolute atomic E-state index is 0.00486. The monoisotopic (exact) mass is 507 g/mol. The number of hydrogen-bond acceptors (Lipinski definition) is 5. The van der Waals surface area contributed by atoms with Crippen LogP contribution in [-0.2, 0) is 6.42 Å². The van der Waals surface area contributed by atoms with Crippen LogP contribution in [-0.4, -0.2) is 34.7 Å². The lowest BCUT2D eigenvalue weighted by molar-refractivity contribution is 0.579. The van der Waals surface area contributed by atoms with Gasteiger partial charge in [-0.1, -0.05) is 69.7 Å². The zero-order valence-corrected chi connectivity index (χ0v) is 22.5. The molecule has 2 aromatic carbocycles. The van der Waals surface area contributed by atoms with Crippen molar-refractivity contribution in [2.75, 3.05) is 0 Å². The van der Waals surface area contributed by atoms with Crippen LogP contribution in [0.2, 0.25) is 0 Å². The van der Waals surface area contributed by atoms with Gasteiger partial charge in [0.15, 0.2) is 0 Å². The Hall–Kier alpha value is -4.33. The molecule has 1 atom stereocenters. The normalized spacial score (nSPS) is 12.3. The van der Waals surface area contributed by atoms with Crippen LogP contribution in [0, 0.1) is 6.92 Å². The lowest BCUT2D eigenvalue weighted by atomic mass is 9.98.